The Hall–Kier alpha value is -2.80. The third-order valence-corrected chi connectivity index (χ3v) is 7.24. The van der Waals surface area contributed by atoms with Crippen LogP contribution in [0.15, 0.2) is 29.4 Å². The number of carbonyl (C=O) groups is 1. The van der Waals surface area contributed by atoms with Gasteiger partial charge in [0.25, 0.3) is 5.91 Å². The predicted molar refractivity (Wildman–Crippen MR) is 122 cm³/mol. The fraction of sp³-hybridized carbons (Fsp3) is 0.391. The molecule has 3 heterocycles. The van der Waals surface area contributed by atoms with Crippen LogP contribution in [0.5, 0.6) is 0 Å². The summed E-state index contributed by atoms with van der Waals surface area (Å²) < 4.78 is 0. The van der Waals surface area contributed by atoms with E-state index in [-0.39, 0.29) is 5.91 Å². The van der Waals surface area contributed by atoms with Crippen molar-refractivity contribution in [2.75, 3.05) is 19.8 Å². The van der Waals surface area contributed by atoms with Crippen LogP contribution in [-0.2, 0) is 0 Å². The first-order valence-electron chi connectivity index (χ1n) is 10.4. The summed E-state index contributed by atoms with van der Waals surface area (Å²) in [7, 11) is 3.64. The van der Waals surface area contributed by atoms with Crippen molar-refractivity contribution >= 4 is 39.5 Å². The molecule has 0 aliphatic heterocycles. The van der Waals surface area contributed by atoms with E-state index in [0.29, 0.717) is 17.8 Å². The first-order chi connectivity index (χ1) is 14.5. The van der Waals surface area contributed by atoms with E-state index >= 15 is 0 Å². The Bertz CT molecular complexity index is 1160. The minimum absolute atomic E-state index is 0.113. The molecule has 3 aromatic rings. The number of rotatable bonds is 5. The second kappa shape index (κ2) is 7.47. The number of aliphatic imine (C=N–C) groups is 1. The van der Waals surface area contributed by atoms with Gasteiger partial charge in [0.05, 0.1) is 10.6 Å². The standard InChI is InChI=1S/C23H25N5OS/c1-25-11-15-8-14(12-26-21(15)24)19-9-17(13-6-7-13)18-10-20(30-22(18)27-19)23(29)28(2)16-4-3-5-16/h8-13,16H,3-7H2,1-2H3,(H2,24,26). The lowest BCUT2D eigenvalue weighted by atomic mass is 9.92. The third kappa shape index (κ3) is 3.37. The molecule has 0 atom stereocenters. The normalized spacial score (nSPS) is 16.9. The summed E-state index contributed by atoms with van der Waals surface area (Å²) in [6.07, 6.45) is 9.28. The van der Waals surface area contributed by atoms with Crippen molar-refractivity contribution in [3.05, 3.63) is 40.4 Å². The molecule has 7 heteroatoms. The highest BCUT2D eigenvalue weighted by molar-refractivity contribution is 7.20. The fourth-order valence-corrected chi connectivity index (χ4v) is 5.06. The highest BCUT2D eigenvalue weighted by atomic mass is 32.1. The minimum atomic E-state index is 0.113. The lowest BCUT2D eigenvalue weighted by molar-refractivity contribution is 0.0657. The third-order valence-electron chi connectivity index (χ3n) is 6.22. The van der Waals surface area contributed by atoms with Crippen molar-refractivity contribution in [3.63, 3.8) is 0 Å². The highest BCUT2D eigenvalue weighted by Gasteiger charge is 2.30. The molecule has 0 saturated heterocycles. The van der Waals surface area contributed by atoms with Gasteiger partial charge < -0.3 is 10.6 Å². The molecule has 154 valence electrons. The van der Waals surface area contributed by atoms with Crippen molar-refractivity contribution in [2.45, 2.75) is 44.1 Å². The first-order valence-corrected chi connectivity index (χ1v) is 11.3. The molecule has 3 aromatic heterocycles. The van der Waals surface area contributed by atoms with E-state index in [1.54, 1.807) is 19.5 Å². The molecule has 0 spiro atoms. The number of amides is 1. The topological polar surface area (TPSA) is 84.5 Å². The molecule has 0 unspecified atom stereocenters. The van der Waals surface area contributed by atoms with Crippen LogP contribution < -0.4 is 5.73 Å². The van der Waals surface area contributed by atoms with Gasteiger partial charge in [0.15, 0.2) is 0 Å². The van der Waals surface area contributed by atoms with E-state index in [1.807, 2.05) is 18.0 Å². The van der Waals surface area contributed by atoms with E-state index in [0.717, 1.165) is 44.8 Å². The summed E-state index contributed by atoms with van der Waals surface area (Å²) >= 11 is 1.50. The van der Waals surface area contributed by atoms with Gasteiger partial charge in [-0.2, -0.15) is 0 Å². The number of pyridine rings is 2. The maximum absolute atomic E-state index is 13.0. The van der Waals surface area contributed by atoms with Crippen LogP contribution in [0.2, 0.25) is 0 Å². The van der Waals surface area contributed by atoms with Crippen LogP contribution in [0.4, 0.5) is 5.82 Å². The van der Waals surface area contributed by atoms with E-state index in [9.17, 15) is 4.79 Å². The van der Waals surface area contributed by atoms with Gasteiger partial charge in [-0.3, -0.25) is 9.79 Å². The van der Waals surface area contributed by atoms with Gasteiger partial charge in [-0.15, -0.1) is 11.3 Å². The molecule has 0 aromatic carbocycles. The van der Waals surface area contributed by atoms with Gasteiger partial charge in [0, 0.05) is 49.1 Å². The van der Waals surface area contributed by atoms with Crippen LogP contribution in [0.1, 0.15) is 58.8 Å². The molecule has 2 aliphatic rings. The molecule has 30 heavy (non-hydrogen) atoms. The summed E-state index contributed by atoms with van der Waals surface area (Å²) in [6, 6.07) is 6.58. The van der Waals surface area contributed by atoms with Crippen molar-refractivity contribution in [1.82, 2.24) is 14.9 Å². The van der Waals surface area contributed by atoms with Gasteiger partial charge in [-0.1, -0.05) is 0 Å². The number of nitrogen functional groups attached to an aromatic ring is 1. The van der Waals surface area contributed by atoms with Crippen molar-refractivity contribution < 1.29 is 4.79 Å². The van der Waals surface area contributed by atoms with E-state index in [4.69, 9.17) is 10.7 Å². The van der Waals surface area contributed by atoms with Crippen LogP contribution in [0, 0.1) is 0 Å². The smallest absolute Gasteiger partial charge is 0.264 e. The maximum atomic E-state index is 13.0. The second-order valence-electron chi connectivity index (χ2n) is 8.29. The van der Waals surface area contributed by atoms with Crippen LogP contribution in [-0.4, -0.2) is 47.1 Å². The zero-order valence-corrected chi connectivity index (χ0v) is 18.1. The van der Waals surface area contributed by atoms with Gasteiger partial charge in [0.2, 0.25) is 0 Å². The lowest BCUT2D eigenvalue weighted by Crippen LogP contribution is -2.40. The summed E-state index contributed by atoms with van der Waals surface area (Å²) in [5.41, 5.74) is 9.84. The molecular formula is C23H25N5OS. The lowest BCUT2D eigenvalue weighted by Gasteiger charge is -2.34. The Kier molecular flexibility index (Phi) is 4.77. The summed E-state index contributed by atoms with van der Waals surface area (Å²) in [5, 5.41) is 1.12. The van der Waals surface area contributed by atoms with Crippen molar-refractivity contribution in [3.8, 4) is 11.3 Å². The largest absolute Gasteiger partial charge is 0.383 e. The Morgan fingerprint density at radius 2 is 2.07 bits per heavy atom. The zero-order valence-electron chi connectivity index (χ0n) is 17.3. The van der Waals surface area contributed by atoms with Crippen LogP contribution in [0.3, 0.4) is 0 Å². The quantitative estimate of drug-likeness (QED) is 0.618. The summed E-state index contributed by atoms with van der Waals surface area (Å²) in [5.74, 6) is 1.12. The number of anilines is 1. The molecule has 6 nitrogen and oxygen atoms in total. The summed E-state index contributed by atoms with van der Waals surface area (Å²) in [6.45, 7) is 0. The Labute approximate surface area is 179 Å². The number of carbonyl (C=O) groups excluding carboxylic acids is 1. The van der Waals surface area contributed by atoms with Crippen LogP contribution in [0.25, 0.3) is 21.5 Å². The van der Waals surface area contributed by atoms with Gasteiger partial charge >= 0.3 is 0 Å². The van der Waals surface area contributed by atoms with E-state index in [1.165, 1.54) is 36.2 Å². The number of nitrogens with two attached hydrogens (primary N) is 1. The molecule has 2 fully saturated rings. The zero-order chi connectivity index (χ0) is 20.8. The predicted octanol–water partition coefficient (Wildman–Crippen LogP) is 4.49. The Balaban J connectivity index is 1.58. The highest BCUT2D eigenvalue weighted by Crippen LogP contribution is 2.45. The summed E-state index contributed by atoms with van der Waals surface area (Å²) in [4.78, 5) is 29.9. The molecule has 2 saturated carbocycles. The molecule has 2 N–H and O–H groups in total. The number of thiophene rings is 1. The van der Waals surface area contributed by atoms with Gasteiger partial charge in [-0.25, -0.2) is 9.97 Å². The minimum Gasteiger partial charge on any atom is -0.383 e. The van der Waals surface area contributed by atoms with E-state index < -0.39 is 0 Å². The van der Waals surface area contributed by atoms with Crippen molar-refractivity contribution in [2.24, 2.45) is 4.99 Å². The maximum Gasteiger partial charge on any atom is 0.264 e. The molecule has 5 rings (SSSR count). The monoisotopic (exact) mass is 419 g/mol. The first kappa shape index (κ1) is 19.2. The van der Waals surface area contributed by atoms with Crippen LogP contribution >= 0.6 is 11.3 Å². The number of aromatic nitrogens is 2. The molecular weight excluding hydrogens is 394 g/mol. The Morgan fingerprint density at radius 1 is 1.27 bits per heavy atom. The molecule has 0 radical (unpaired) electrons. The average Bonchev–Trinajstić information content (AvgIpc) is 3.45. The molecule has 0 bridgehead atoms. The second-order valence-corrected chi connectivity index (χ2v) is 9.32. The Morgan fingerprint density at radius 3 is 2.73 bits per heavy atom. The number of nitrogens with zero attached hydrogens (tertiary/aromatic N) is 4. The average molecular weight is 420 g/mol. The van der Waals surface area contributed by atoms with Gasteiger partial charge in [0.1, 0.15) is 10.6 Å². The number of hydrogen-bond acceptors (Lipinski definition) is 6. The van der Waals surface area contributed by atoms with Gasteiger partial charge in [-0.05, 0) is 61.8 Å². The molecule has 1 amide bonds. The molecule has 2 aliphatic carbocycles. The number of hydrogen-bond donors (Lipinski definition) is 1. The fourth-order valence-electron chi connectivity index (χ4n) is 4.01. The van der Waals surface area contributed by atoms with E-state index in [2.05, 4.69) is 22.1 Å². The van der Waals surface area contributed by atoms with Crippen molar-refractivity contribution in [1.29, 1.82) is 0 Å². The SMILES string of the molecule is CN=Cc1cc(-c2cc(C3CC3)c3cc(C(=O)N(C)C4CCC4)sc3n2)cnc1N. The number of fused-ring (bicyclic) bond motifs is 1.